The number of nitrogen functional groups attached to an aromatic ring is 1. The predicted molar refractivity (Wildman–Crippen MR) is 79.5 cm³/mol. The fourth-order valence-electron chi connectivity index (χ4n) is 2.39. The van der Waals surface area contributed by atoms with E-state index in [0.717, 1.165) is 27.9 Å². The number of aliphatic carboxylic acids is 1. The molecule has 0 unspecified atom stereocenters. The molecular formula is C16H18N2O2. The molecule has 2 rings (SSSR count). The first-order valence-electron chi connectivity index (χ1n) is 6.52. The summed E-state index contributed by atoms with van der Waals surface area (Å²) >= 11 is 0. The van der Waals surface area contributed by atoms with Crippen LogP contribution in [0.2, 0.25) is 0 Å². The molecule has 2 aromatic rings. The minimum atomic E-state index is -0.775. The minimum Gasteiger partial charge on any atom is -0.481 e. The van der Waals surface area contributed by atoms with E-state index in [4.69, 9.17) is 10.8 Å². The number of nitrogens with zero attached hydrogens (tertiary/aromatic N) is 1. The number of hydrogen-bond donors (Lipinski definition) is 2. The lowest BCUT2D eigenvalue weighted by molar-refractivity contribution is -0.136. The molecule has 1 heterocycles. The topological polar surface area (TPSA) is 76.2 Å². The van der Waals surface area contributed by atoms with Gasteiger partial charge in [-0.25, -0.2) is 4.98 Å². The second-order valence-corrected chi connectivity index (χ2v) is 4.92. The third kappa shape index (κ3) is 3.15. The lowest BCUT2D eigenvalue weighted by Crippen LogP contribution is -1.99. The number of hydrogen-bond acceptors (Lipinski definition) is 3. The van der Waals surface area contributed by atoms with E-state index in [9.17, 15) is 4.79 Å². The van der Waals surface area contributed by atoms with Crippen molar-refractivity contribution in [1.82, 2.24) is 4.98 Å². The van der Waals surface area contributed by atoms with Crippen LogP contribution < -0.4 is 5.73 Å². The van der Waals surface area contributed by atoms with Crippen LogP contribution in [0.5, 0.6) is 0 Å². The standard InChI is InChI=1S/C16H18N2O2/c1-10-9-14(17)18-11(2)16(10)13-6-3-12(4-7-13)5-8-15(19)20/h3-4,6-7,9H,5,8H2,1-2H3,(H2,17,18)(H,19,20). The zero-order valence-electron chi connectivity index (χ0n) is 11.7. The quantitative estimate of drug-likeness (QED) is 0.895. The highest BCUT2D eigenvalue weighted by Gasteiger charge is 2.08. The van der Waals surface area contributed by atoms with Crippen molar-refractivity contribution in [3.8, 4) is 11.1 Å². The molecule has 0 bridgehead atoms. The second-order valence-electron chi connectivity index (χ2n) is 4.92. The number of carboxylic acid groups (broad SMARTS) is 1. The molecule has 1 aromatic carbocycles. The number of aromatic nitrogens is 1. The molecule has 4 nitrogen and oxygen atoms in total. The Morgan fingerprint density at radius 3 is 2.45 bits per heavy atom. The molecule has 0 aliphatic rings. The average Bonchev–Trinajstić information content (AvgIpc) is 2.36. The van der Waals surface area contributed by atoms with E-state index in [2.05, 4.69) is 4.98 Å². The molecule has 1 aromatic heterocycles. The van der Waals surface area contributed by atoms with Gasteiger partial charge in [0, 0.05) is 17.7 Å². The maximum atomic E-state index is 10.6. The molecule has 0 atom stereocenters. The zero-order valence-corrected chi connectivity index (χ0v) is 11.7. The summed E-state index contributed by atoms with van der Waals surface area (Å²) in [6.45, 7) is 3.95. The normalized spacial score (nSPS) is 10.5. The lowest BCUT2D eigenvalue weighted by Gasteiger charge is -2.11. The number of benzene rings is 1. The predicted octanol–water partition coefficient (Wildman–Crippen LogP) is 2.96. The van der Waals surface area contributed by atoms with Crippen LogP contribution in [0.3, 0.4) is 0 Å². The molecule has 0 saturated carbocycles. The van der Waals surface area contributed by atoms with E-state index in [-0.39, 0.29) is 6.42 Å². The van der Waals surface area contributed by atoms with E-state index in [0.29, 0.717) is 12.2 Å². The molecule has 0 spiro atoms. The smallest absolute Gasteiger partial charge is 0.303 e. The molecule has 104 valence electrons. The number of anilines is 1. The van der Waals surface area contributed by atoms with Gasteiger partial charge in [-0.1, -0.05) is 24.3 Å². The first kappa shape index (κ1) is 14.1. The Hall–Kier alpha value is -2.36. The summed E-state index contributed by atoms with van der Waals surface area (Å²) < 4.78 is 0. The van der Waals surface area contributed by atoms with Crippen LogP contribution in [0.15, 0.2) is 30.3 Å². The van der Waals surface area contributed by atoms with Crippen LogP contribution in [0.25, 0.3) is 11.1 Å². The van der Waals surface area contributed by atoms with Gasteiger partial charge in [-0.05, 0) is 43.0 Å². The summed E-state index contributed by atoms with van der Waals surface area (Å²) in [5.74, 6) is -0.245. The van der Waals surface area contributed by atoms with Gasteiger partial charge in [-0.2, -0.15) is 0 Å². The summed E-state index contributed by atoms with van der Waals surface area (Å²) in [7, 11) is 0. The van der Waals surface area contributed by atoms with Crippen molar-refractivity contribution >= 4 is 11.8 Å². The number of pyridine rings is 1. The molecule has 0 aliphatic heterocycles. The van der Waals surface area contributed by atoms with Crippen LogP contribution in [0, 0.1) is 13.8 Å². The van der Waals surface area contributed by atoms with Gasteiger partial charge in [0.05, 0.1) is 0 Å². The Bertz CT molecular complexity index is 610. The maximum Gasteiger partial charge on any atom is 0.303 e. The lowest BCUT2D eigenvalue weighted by atomic mass is 9.97. The summed E-state index contributed by atoms with van der Waals surface area (Å²) in [4.78, 5) is 14.9. The Morgan fingerprint density at radius 1 is 1.25 bits per heavy atom. The first-order chi connectivity index (χ1) is 9.47. The van der Waals surface area contributed by atoms with Crippen molar-refractivity contribution in [1.29, 1.82) is 0 Å². The Morgan fingerprint density at radius 2 is 1.90 bits per heavy atom. The third-order valence-electron chi connectivity index (χ3n) is 3.29. The number of carboxylic acids is 1. The van der Waals surface area contributed by atoms with E-state index >= 15 is 0 Å². The van der Waals surface area contributed by atoms with Crippen molar-refractivity contribution < 1.29 is 9.90 Å². The highest BCUT2D eigenvalue weighted by Crippen LogP contribution is 2.27. The number of rotatable bonds is 4. The maximum absolute atomic E-state index is 10.6. The highest BCUT2D eigenvalue weighted by atomic mass is 16.4. The van der Waals surface area contributed by atoms with Gasteiger partial charge in [-0.15, -0.1) is 0 Å². The number of carbonyl (C=O) groups is 1. The van der Waals surface area contributed by atoms with Crippen LogP contribution in [-0.4, -0.2) is 16.1 Å². The summed E-state index contributed by atoms with van der Waals surface area (Å²) in [6, 6.07) is 9.80. The molecule has 3 N–H and O–H groups in total. The highest BCUT2D eigenvalue weighted by molar-refractivity contribution is 5.71. The summed E-state index contributed by atoms with van der Waals surface area (Å²) in [5, 5.41) is 8.69. The van der Waals surface area contributed by atoms with Crippen LogP contribution in [0.1, 0.15) is 23.2 Å². The van der Waals surface area contributed by atoms with E-state index < -0.39 is 5.97 Å². The summed E-state index contributed by atoms with van der Waals surface area (Å²) in [6.07, 6.45) is 0.703. The summed E-state index contributed by atoms with van der Waals surface area (Å²) in [5.41, 5.74) is 10.9. The first-order valence-corrected chi connectivity index (χ1v) is 6.52. The molecule has 4 heteroatoms. The van der Waals surface area contributed by atoms with Crippen LogP contribution >= 0.6 is 0 Å². The van der Waals surface area contributed by atoms with E-state index in [1.54, 1.807) is 0 Å². The second kappa shape index (κ2) is 5.74. The Labute approximate surface area is 118 Å². The Kier molecular flexibility index (Phi) is 4.03. The van der Waals surface area contributed by atoms with Crippen molar-refractivity contribution in [3.63, 3.8) is 0 Å². The van der Waals surface area contributed by atoms with Gasteiger partial charge in [-0.3, -0.25) is 4.79 Å². The monoisotopic (exact) mass is 270 g/mol. The third-order valence-corrected chi connectivity index (χ3v) is 3.29. The van der Waals surface area contributed by atoms with Crippen molar-refractivity contribution in [2.24, 2.45) is 0 Å². The van der Waals surface area contributed by atoms with Crippen molar-refractivity contribution in [3.05, 3.63) is 47.2 Å². The van der Waals surface area contributed by atoms with Gasteiger partial charge in [0.25, 0.3) is 0 Å². The van der Waals surface area contributed by atoms with Gasteiger partial charge < -0.3 is 10.8 Å². The van der Waals surface area contributed by atoms with E-state index in [1.165, 1.54) is 0 Å². The van der Waals surface area contributed by atoms with Crippen molar-refractivity contribution in [2.75, 3.05) is 5.73 Å². The van der Waals surface area contributed by atoms with Gasteiger partial charge >= 0.3 is 5.97 Å². The SMILES string of the molecule is Cc1cc(N)nc(C)c1-c1ccc(CCC(=O)O)cc1. The average molecular weight is 270 g/mol. The molecule has 0 radical (unpaired) electrons. The molecule has 0 amide bonds. The molecular weight excluding hydrogens is 252 g/mol. The molecule has 20 heavy (non-hydrogen) atoms. The van der Waals surface area contributed by atoms with Gasteiger partial charge in [0.15, 0.2) is 0 Å². The zero-order chi connectivity index (χ0) is 14.7. The van der Waals surface area contributed by atoms with Gasteiger partial charge in [0.1, 0.15) is 5.82 Å². The number of aryl methyl sites for hydroxylation is 3. The minimum absolute atomic E-state index is 0.154. The van der Waals surface area contributed by atoms with E-state index in [1.807, 2.05) is 44.2 Å². The molecule has 0 fully saturated rings. The van der Waals surface area contributed by atoms with Gasteiger partial charge in [0.2, 0.25) is 0 Å². The van der Waals surface area contributed by atoms with Crippen LogP contribution in [-0.2, 0) is 11.2 Å². The fraction of sp³-hybridized carbons (Fsp3) is 0.250. The van der Waals surface area contributed by atoms with Crippen LogP contribution in [0.4, 0.5) is 5.82 Å². The van der Waals surface area contributed by atoms with Crippen molar-refractivity contribution in [2.45, 2.75) is 26.7 Å². The Balaban J connectivity index is 2.28. The number of nitrogens with two attached hydrogens (primary N) is 1. The largest absolute Gasteiger partial charge is 0.481 e. The molecule has 0 saturated heterocycles. The fourth-order valence-corrected chi connectivity index (χ4v) is 2.39. The molecule has 0 aliphatic carbocycles.